The van der Waals surface area contributed by atoms with Crippen LogP contribution in [0.2, 0.25) is 0 Å². The number of β-amino-alcohol motifs (C(OH)–C–C–N with tert-alkyl or cyclic N) is 1. The van der Waals surface area contributed by atoms with E-state index >= 15 is 0 Å². The predicted molar refractivity (Wildman–Crippen MR) is 24.1 cm³/mol. The summed E-state index contributed by atoms with van der Waals surface area (Å²) in [5.41, 5.74) is 0. The van der Waals surface area contributed by atoms with E-state index in [9.17, 15) is 9.90 Å². The van der Waals surface area contributed by atoms with Gasteiger partial charge in [0.25, 0.3) is 0 Å². The number of aliphatic hydroxyl groups excluding tert-OH is 1. The molecule has 0 aromatic carbocycles. The van der Waals surface area contributed by atoms with Gasteiger partial charge in [-0.3, -0.25) is 4.84 Å². The Balaban J connectivity index is 2.39. The molecule has 0 spiro atoms. The van der Waals surface area contributed by atoms with Crippen LogP contribution in [0.1, 0.15) is 0 Å². The van der Waals surface area contributed by atoms with Crippen LogP contribution in [0.5, 0.6) is 0 Å². The van der Waals surface area contributed by atoms with E-state index in [0.717, 1.165) is 0 Å². The van der Waals surface area contributed by atoms with E-state index in [0.29, 0.717) is 5.06 Å². The molecule has 5 heteroatoms. The summed E-state index contributed by atoms with van der Waals surface area (Å²) in [6.07, 6.45) is -2.12. The van der Waals surface area contributed by atoms with Crippen molar-refractivity contribution >= 4 is 6.09 Å². The van der Waals surface area contributed by atoms with Crippen LogP contribution >= 0.6 is 0 Å². The van der Waals surface area contributed by atoms with Crippen LogP contribution in [0.4, 0.5) is 4.79 Å². The normalized spacial score (nSPS) is 26.8. The Hall–Kier alpha value is -0.810. The second kappa shape index (κ2) is 2.20. The number of carboxylic acid groups (broad SMARTS) is 1. The van der Waals surface area contributed by atoms with Crippen LogP contribution in [0, 0.1) is 0 Å². The molecule has 9 heavy (non-hydrogen) atoms. The Labute approximate surface area is 51.4 Å². The number of carbonyl (C=O) groups is 1. The van der Waals surface area contributed by atoms with Gasteiger partial charge in [-0.25, -0.2) is 5.06 Å². The van der Waals surface area contributed by atoms with Crippen molar-refractivity contribution in [2.24, 2.45) is 0 Å². The smallest absolute Gasteiger partial charge is 0.162 e. The van der Waals surface area contributed by atoms with E-state index in [1.165, 1.54) is 0 Å². The van der Waals surface area contributed by atoms with Gasteiger partial charge < -0.3 is 15.0 Å². The quantitative estimate of drug-likeness (QED) is 0.411. The lowest BCUT2D eigenvalue weighted by Gasteiger charge is -2.14. The molecule has 1 amide bonds. The predicted octanol–water partition coefficient (Wildman–Crippen LogP) is -2.06. The Morgan fingerprint density at radius 1 is 1.89 bits per heavy atom. The summed E-state index contributed by atoms with van der Waals surface area (Å²) >= 11 is 0. The summed E-state index contributed by atoms with van der Waals surface area (Å²) in [4.78, 5) is 14.4. The van der Waals surface area contributed by atoms with E-state index < -0.39 is 12.2 Å². The van der Waals surface area contributed by atoms with Crippen molar-refractivity contribution in [1.29, 1.82) is 0 Å². The number of hydrogen-bond acceptors (Lipinski definition) is 4. The third-order valence-electron chi connectivity index (χ3n) is 1.00. The molecular weight excluding hydrogens is 126 g/mol. The zero-order chi connectivity index (χ0) is 6.85. The van der Waals surface area contributed by atoms with Crippen molar-refractivity contribution in [3.63, 3.8) is 0 Å². The molecule has 1 heterocycles. The summed E-state index contributed by atoms with van der Waals surface area (Å²) < 4.78 is 0. The first-order chi connectivity index (χ1) is 4.20. The fourth-order valence-electron chi connectivity index (χ4n) is 0.600. The molecule has 1 rings (SSSR count). The van der Waals surface area contributed by atoms with Crippen LogP contribution in [-0.4, -0.2) is 35.5 Å². The minimum absolute atomic E-state index is 0.0116. The van der Waals surface area contributed by atoms with Crippen molar-refractivity contribution in [3.05, 3.63) is 0 Å². The highest BCUT2D eigenvalue weighted by Gasteiger charge is 2.20. The summed E-state index contributed by atoms with van der Waals surface area (Å²) in [5, 5.41) is 19.2. The maximum Gasteiger partial charge on any atom is 0.162 e. The van der Waals surface area contributed by atoms with E-state index in [2.05, 4.69) is 4.84 Å². The molecule has 5 nitrogen and oxygen atoms in total. The largest absolute Gasteiger partial charge is 0.528 e. The average molecular weight is 132 g/mol. The van der Waals surface area contributed by atoms with Gasteiger partial charge in [0, 0.05) is 0 Å². The molecule has 0 radical (unpaired) electrons. The Morgan fingerprint density at radius 2 is 2.56 bits per heavy atom. The summed E-state index contributed by atoms with van der Waals surface area (Å²) in [5.74, 6) is 0. The molecule has 1 fully saturated rings. The SMILES string of the molecule is O=C([O-])N1C[C@H](O)CO1. The van der Waals surface area contributed by atoms with Crippen molar-refractivity contribution in [3.8, 4) is 0 Å². The molecule has 1 aliphatic rings. The molecule has 0 aliphatic carbocycles. The average Bonchev–Trinajstić information content (AvgIpc) is 2.14. The molecule has 1 aliphatic heterocycles. The lowest BCUT2D eigenvalue weighted by molar-refractivity contribution is -0.294. The monoisotopic (exact) mass is 132 g/mol. The van der Waals surface area contributed by atoms with Gasteiger partial charge >= 0.3 is 0 Å². The van der Waals surface area contributed by atoms with Gasteiger partial charge in [0.15, 0.2) is 6.09 Å². The fraction of sp³-hybridized carbons (Fsp3) is 0.750. The van der Waals surface area contributed by atoms with E-state index in [4.69, 9.17) is 5.11 Å². The first-order valence-electron chi connectivity index (χ1n) is 2.49. The maximum absolute atomic E-state index is 9.93. The van der Waals surface area contributed by atoms with E-state index in [1.807, 2.05) is 0 Å². The van der Waals surface area contributed by atoms with Crippen LogP contribution in [0.3, 0.4) is 0 Å². The Bertz CT molecular complexity index is 126. The first-order valence-corrected chi connectivity index (χ1v) is 2.49. The lowest BCUT2D eigenvalue weighted by Crippen LogP contribution is -2.39. The molecule has 1 atom stereocenters. The highest BCUT2D eigenvalue weighted by molar-refractivity contribution is 5.61. The van der Waals surface area contributed by atoms with Crippen LogP contribution in [-0.2, 0) is 4.84 Å². The van der Waals surface area contributed by atoms with Gasteiger partial charge in [-0.15, -0.1) is 0 Å². The highest BCUT2D eigenvalue weighted by atomic mass is 16.7. The molecule has 1 N–H and O–H groups in total. The summed E-state index contributed by atoms with van der Waals surface area (Å²) in [6.45, 7) is 0.0241. The third kappa shape index (κ3) is 1.30. The number of aliphatic hydroxyl groups is 1. The Morgan fingerprint density at radius 3 is 2.78 bits per heavy atom. The molecular formula is C4H6NO4-. The molecule has 0 aromatic heterocycles. The number of rotatable bonds is 0. The van der Waals surface area contributed by atoms with Gasteiger partial charge in [0.2, 0.25) is 0 Å². The summed E-state index contributed by atoms with van der Waals surface area (Å²) in [7, 11) is 0. The molecule has 1 saturated heterocycles. The Kier molecular flexibility index (Phi) is 1.54. The van der Waals surface area contributed by atoms with Crippen molar-refractivity contribution in [2.75, 3.05) is 13.2 Å². The standard InChI is InChI=1S/C4H7NO4/c6-3-1-5(4(7)8)9-2-3/h3,6H,1-2H2,(H,7,8)/p-1/t3-/m0/s1. The first kappa shape index (κ1) is 6.31. The van der Waals surface area contributed by atoms with Gasteiger partial charge in [-0.1, -0.05) is 0 Å². The minimum atomic E-state index is -1.41. The number of nitrogens with zero attached hydrogens (tertiary/aromatic N) is 1. The summed E-state index contributed by atoms with van der Waals surface area (Å²) in [6, 6.07) is 0. The zero-order valence-electron chi connectivity index (χ0n) is 4.61. The van der Waals surface area contributed by atoms with Crippen LogP contribution in [0.15, 0.2) is 0 Å². The van der Waals surface area contributed by atoms with E-state index in [-0.39, 0.29) is 13.2 Å². The second-order valence-electron chi connectivity index (χ2n) is 1.78. The topological polar surface area (TPSA) is 72.8 Å². The van der Waals surface area contributed by atoms with Gasteiger partial charge in [-0.05, 0) is 0 Å². The maximum atomic E-state index is 9.93. The van der Waals surface area contributed by atoms with Crippen LogP contribution in [0.25, 0.3) is 0 Å². The number of hydrogen-bond donors (Lipinski definition) is 1. The highest BCUT2D eigenvalue weighted by Crippen LogP contribution is 2.02. The number of amides is 1. The second-order valence-corrected chi connectivity index (χ2v) is 1.78. The van der Waals surface area contributed by atoms with Gasteiger partial charge in [0.1, 0.15) is 6.61 Å². The van der Waals surface area contributed by atoms with Gasteiger partial charge in [-0.2, -0.15) is 0 Å². The number of carbonyl (C=O) groups excluding carboxylic acids is 1. The van der Waals surface area contributed by atoms with Crippen molar-refractivity contribution < 1.29 is 19.8 Å². The molecule has 0 bridgehead atoms. The third-order valence-corrected chi connectivity index (χ3v) is 1.00. The van der Waals surface area contributed by atoms with Crippen LogP contribution < -0.4 is 5.11 Å². The molecule has 0 unspecified atom stereocenters. The zero-order valence-corrected chi connectivity index (χ0v) is 4.61. The molecule has 52 valence electrons. The molecule has 0 saturated carbocycles. The van der Waals surface area contributed by atoms with Crippen molar-refractivity contribution in [1.82, 2.24) is 5.06 Å². The number of hydroxylamine groups is 2. The minimum Gasteiger partial charge on any atom is -0.528 e. The van der Waals surface area contributed by atoms with Crippen molar-refractivity contribution in [2.45, 2.75) is 6.10 Å². The van der Waals surface area contributed by atoms with Gasteiger partial charge in [0.05, 0.1) is 12.6 Å². The van der Waals surface area contributed by atoms with E-state index in [1.54, 1.807) is 0 Å². The lowest BCUT2D eigenvalue weighted by atomic mass is 10.4. The fourth-order valence-corrected chi connectivity index (χ4v) is 0.600. The molecule has 0 aromatic rings.